The Kier molecular flexibility index (Phi) is 6.51. The summed E-state index contributed by atoms with van der Waals surface area (Å²) in [4.78, 5) is 0. The Morgan fingerprint density at radius 2 is 1.92 bits per heavy atom. The van der Waals surface area contributed by atoms with E-state index in [2.05, 4.69) is 6.55 Å². The van der Waals surface area contributed by atoms with E-state index in [4.69, 9.17) is 31.6 Å². The Bertz CT molecular complexity index is 599. The summed E-state index contributed by atoms with van der Waals surface area (Å²) in [5.41, 5.74) is 0.998. The number of epoxide rings is 1. The molecule has 2 aliphatic heterocycles. The molecule has 2 atom stereocenters. The van der Waals surface area contributed by atoms with Crippen LogP contribution in [-0.4, -0.2) is 64.6 Å². The fourth-order valence-corrected chi connectivity index (χ4v) is 7.14. The summed E-state index contributed by atoms with van der Waals surface area (Å²) in [6, 6.07) is 6.83. The van der Waals surface area contributed by atoms with Gasteiger partial charge in [0, 0.05) is 44.7 Å². The van der Waals surface area contributed by atoms with Crippen molar-refractivity contribution in [3.63, 3.8) is 0 Å². The average molecular weight is 401 g/mol. The van der Waals surface area contributed by atoms with Crippen molar-refractivity contribution in [3.05, 3.63) is 23.8 Å². The van der Waals surface area contributed by atoms with Gasteiger partial charge in [0.2, 0.25) is 0 Å². The van der Waals surface area contributed by atoms with Crippen molar-refractivity contribution in [2.75, 3.05) is 41.2 Å². The van der Waals surface area contributed by atoms with Gasteiger partial charge in [-0.2, -0.15) is 0 Å². The molecule has 1 saturated heterocycles. The highest BCUT2D eigenvalue weighted by Crippen LogP contribution is 2.31. The summed E-state index contributed by atoms with van der Waals surface area (Å²) < 4.78 is 39.8. The molecule has 2 aliphatic rings. The summed E-state index contributed by atoms with van der Waals surface area (Å²) in [6.07, 6.45) is 1.24. The van der Waals surface area contributed by atoms with Gasteiger partial charge in [-0.3, -0.25) is 0 Å². The number of ether oxygens (including phenoxy) is 2. The zero-order valence-corrected chi connectivity index (χ0v) is 17.9. The lowest BCUT2D eigenvalue weighted by molar-refractivity contribution is 0.114. The number of hydrogen-bond donors (Lipinski definition) is 0. The Labute approximate surface area is 157 Å². The molecule has 2 heterocycles. The number of hydrogen-bond acceptors (Lipinski definition) is 7. The fraction of sp³-hybridized carbons (Fsp3) is 0.647. The second-order valence-electron chi connectivity index (χ2n) is 6.65. The van der Waals surface area contributed by atoms with Crippen molar-refractivity contribution >= 4 is 22.6 Å². The Morgan fingerprint density at radius 3 is 2.58 bits per heavy atom. The van der Waals surface area contributed by atoms with Gasteiger partial charge >= 0.3 is 17.4 Å². The molecule has 0 saturated carbocycles. The van der Waals surface area contributed by atoms with Crippen LogP contribution in [-0.2, 0) is 33.8 Å². The zero-order valence-electron chi connectivity index (χ0n) is 15.9. The summed E-state index contributed by atoms with van der Waals surface area (Å²) in [6.45, 7) is 4.87. The van der Waals surface area contributed by atoms with Crippen LogP contribution in [0.1, 0.15) is 12.0 Å². The van der Waals surface area contributed by atoms with E-state index in [1.54, 1.807) is 21.3 Å². The number of benzene rings is 1. The third kappa shape index (κ3) is 4.54. The van der Waals surface area contributed by atoms with Crippen molar-refractivity contribution in [3.8, 4) is 5.75 Å². The Hall–Kier alpha value is -0.786. The maximum Gasteiger partial charge on any atom is 0.536 e. The van der Waals surface area contributed by atoms with E-state index in [-0.39, 0.29) is 0 Å². The molecule has 0 aliphatic carbocycles. The summed E-state index contributed by atoms with van der Waals surface area (Å²) in [5, 5.41) is 0.900. The van der Waals surface area contributed by atoms with Crippen molar-refractivity contribution < 1.29 is 31.6 Å². The third-order valence-electron chi connectivity index (χ3n) is 4.70. The van der Waals surface area contributed by atoms with Crippen LogP contribution in [0.4, 0.5) is 0 Å². The Balaban J connectivity index is 1.59. The van der Waals surface area contributed by atoms with Gasteiger partial charge in [0.25, 0.3) is 0 Å². The van der Waals surface area contributed by atoms with Crippen molar-refractivity contribution in [1.82, 2.24) is 0 Å². The lowest BCUT2D eigenvalue weighted by Gasteiger charge is -2.34. The van der Waals surface area contributed by atoms with Gasteiger partial charge in [-0.25, -0.2) is 0 Å². The molecule has 26 heavy (non-hydrogen) atoms. The molecule has 1 aromatic rings. The van der Waals surface area contributed by atoms with Gasteiger partial charge in [0.15, 0.2) is 0 Å². The second kappa shape index (κ2) is 8.49. The average Bonchev–Trinajstić information content (AvgIpc) is 3.48. The molecule has 0 bridgehead atoms. The maximum absolute atomic E-state index is 6.26. The first-order valence-electron chi connectivity index (χ1n) is 8.85. The standard InChI is InChI=1S/C17H28O7Si2/c1-18-26(19-2,20-3)16-6-7-17-14(10-16)11-23-25(4,24-17)9-5-8-21-12-15-13-22-15/h6-7,10,15H,5,8-9,11-13H2,1-4H3. The van der Waals surface area contributed by atoms with Crippen LogP contribution in [0, 0.1) is 0 Å². The molecule has 9 heteroatoms. The van der Waals surface area contributed by atoms with Crippen LogP contribution in [0.2, 0.25) is 12.6 Å². The summed E-state index contributed by atoms with van der Waals surface area (Å²) in [5.74, 6) is 0.882. The van der Waals surface area contributed by atoms with E-state index in [0.29, 0.717) is 25.9 Å². The largest absolute Gasteiger partial charge is 0.536 e. The highest BCUT2D eigenvalue weighted by Gasteiger charge is 2.43. The quantitative estimate of drug-likeness (QED) is 0.335. The molecule has 1 aromatic carbocycles. The van der Waals surface area contributed by atoms with E-state index >= 15 is 0 Å². The monoisotopic (exact) mass is 400 g/mol. The van der Waals surface area contributed by atoms with Gasteiger partial charge in [-0.05, 0) is 25.1 Å². The van der Waals surface area contributed by atoms with Crippen LogP contribution in [0.3, 0.4) is 0 Å². The molecule has 0 aromatic heterocycles. The van der Waals surface area contributed by atoms with E-state index < -0.39 is 17.4 Å². The second-order valence-corrected chi connectivity index (χ2v) is 12.8. The van der Waals surface area contributed by atoms with Gasteiger partial charge in [-0.15, -0.1) is 0 Å². The van der Waals surface area contributed by atoms with Gasteiger partial charge in [-0.1, -0.05) is 6.07 Å². The topological polar surface area (TPSA) is 67.9 Å². The molecule has 0 radical (unpaired) electrons. The predicted octanol–water partition coefficient (Wildman–Crippen LogP) is 1.56. The highest BCUT2D eigenvalue weighted by atomic mass is 28.4. The smallest absolute Gasteiger partial charge is 0.520 e. The Morgan fingerprint density at radius 1 is 1.19 bits per heavy atom. The molecular weight excluding hydrogens is 372 g/mol. The minimum absolute atomic E-state index is 0.313. The van der Waals surface area contributed by atoms with Gasteiger partial charge < -0.3 is 31.6 Å². The predicted molar refractivity (Wildman–Crippen MR) is 99.9 cm³/mol. The first kappa shape index (κ1) is 20.0. The van der Waals surface area contributed by atoms with Crippen molar-refractivity contribution in [2.45, 2.75) is 31.7 Å². The lowest BCUT2D eigenvalue weighted by atomic mass is 10.2. The molecule has 146 valence electrons. The number of fused-ring (bicyclic) bond motifs is 1. The number of rotatable bonds is 10. The third-order valence-corrected chi connectivity index (χ3v) is 10.0. The van der Waals surface area contributed by atoms with E-state index in [0.717, 1.165) is 35.6 Å². The summed E-state index contributed by atoms with van der Waals surface area (Å²) in [7, 11) is -0.268. The fourth-order valence-electron chi connectivity index (χ4n) is 3.08. The molecule has 0 amide bonds. The minimum atomic E-state index is -2.85. The zero-order chi connectivity index (χ0) is 18.6. The van der Waals surface area contributed by atoms with Crippen molar-refractivity contribution in [1.29, 1.82) is 0 Å². The SMILES string of the molecule is CO[Si](OC)(OC)c1ccc2c(c1)CO[Si](C)(CCCOCC1CO1)O2. The molecule has 1 fully saturated rings. The molecular formula is C17H28O7Si2. The first-order chi connectivity index (χ1) is 12.5. The van der Waals surface area contributed by atoms with Gasteiger partial charge in [0.05, 0.1) is 19.8 Å². The van der Waals surface area contributed by atoms with Crippen LogP contribution in [0.5, 0.6) is 5.75 Å². The van der Waals surface area contributed by atoms with E-state index in [9.17, 15) is 0 Å². The normalized spacial score (nSPS) is 24.8. The highest BCUT2D eigenvalue weighted by molar-refractivity contribution is 6.75. The minimum Gasteiger partial charge on any atom is -0.520 e. The lowest BCUT2D eigenvalue weighted by Crippen LogP contribution is -2.55. The molecule has 0 spiro atoms. The summed E-state index contributed by atoms with van der Waals surface area (Å²) >= 11 is 0. The molecule has 7 nitrogen and oxygen atoms in total. The van der Waals surface area contributed by atoms with E-state index in [1.807, 2.05) is 18.2 Å². The van der Waals surface area contributed by atoms with Gasteiger partial charge in [0.1, 0.15) is 11.9 Å². The van der Waals surface area contributed by atoms with E-state index in [1.165, 1.54) is 0 Å². The van der Waals surface area contributed by atoms with Crippen LogP contribution < -0.4 is 9.61 Å². The maximum atomic E-state index is 6.26. The molecule has 2 unspecified atom stereocenters. The van der Waals surface area contributed by atoms with Crippen LogP contribution >= 0.6 is 0 Å². The van der Waals surface area contributed by atoms with Crippen molar-refractivity contribution in [2.24, 2.45) is 0 Å². The molecule has 0 N–H and O–H groups in total. The first-order valence-corrected chi connectivity index (χ1v) is 13.1. The molecule has 3 rings (SSSR count). The van der Waals surface area contributed by atoms with Crippen LogP contribution in [0.25, 0.3) is 0 Å². The van der Waals surface area contributed by atoms with Crippen LogP contribution in [0.15, 0.2) is 18.2 Å².